The summed E-state index contributed by atoms with van der Waals surface area (Å²) in [5, 5.41) is 21.4. The predicted molar refractivity (Wildman–Crippen MR) is 119 cm³/mol. The Morgan fingerprint density at radius 2 is 1.91 bits per heavy atom. The highest BCUT2D eigenvalue weighted by Gasteiger charge is 2.35. The number of amides is 1. The van der Waals surface area contributed by atoms with Crippen LogP contribution in [0, 0.1) is 11.3 Å². The van der Waals surface area contributed by atoms with Crippen LogP contribution in [-0.2, 0) is 21.3 Å². The fraction of sp³-hybridized carbons (Fsp3) is 0.333. The van der Waals surface area contributed by atoms with Gasteiger partial charge in [0.1, 0.15) is 22.8 Å². The second kappa shape index (κ2) is 9.84. The average molecular weight is 486 g/mol. The van der Waals surface area contributed by atoms with E-state index >= 15 is 0 Å². The molecule has 0 fully saturated rings. The lowest BCUT2D eigenvalue weighted by Crippen LogP contribution is -2.41. The van der Waals surface area contributed by atoms with Crippen LogP contribution in [0.1, 0.15) is 26.3 Å². The van der Waals surface area contributed by atoms with Crippen molar-refractivity contribution in [2.75, 3.05) is 13.7 Å². The summed E-state index contributed by atoms with van der Waals surface area (Å²) in [6.45, 7) is 4.41. The van der Waals surface area contributed by atoms with Crippen LogP contribution in [0.2, 0.25) is 0 Å². The Bertz CT molecular complexity index is 1310. The van der Waals surface area contributed by atoms with Gasteiger partial charge in [0.25, 0.3) is 10.0 Å². The monoisotopic (exact) mass is 485 g/mol. The number of nitriles is 1. The van der Waals surface area contributed by atoms with Gasteiger partial charge in [-0.05, 0) is 61.9 Å². The van der Waals surface area contributed by atoms with Crippen LogP contribution in [0.4, 0.5) is 4.79 Å². The first kappa shape index (κ1) is 24.6. The maximum Gasteiger partial charge on any atom is 0.425 e. The summed E-state index contributed by atoms with van der Waals surface area (Å²) in [7, 11) is -3.18. The van der Waals surface area contributed by atoms with Crippen LogP contribution in [0.3, 0.4) is 0 Å². The van der Waals surface area contributed by atoms with Gasteiger partial charge >= 0.3 is 6.09 Å². The number of aromatic nitrogens is 5. The number of nitrogens with zero attached hydrogens (tertiary/aromatic N) is 7. The molecule has 0 aliphatic rings. The van der Waals surface area contributed by atoms with Crippen LogP contribution < -0.4 is 4.74 Å². The van der Waals surface area contributed by atoms with Gasteiger partial charge in [0.2, 0.25) is 5.82 Å². The predicted octanol–water partition coefficient (Wildman–Crippen LogP) is 2.24. The number of benzene rings is 1. The van der Waals surface area contributed by atoms with Crippen molar-refractivity contribution in [2.45, 2.75) is 37.8 Å². The van der Waals surface area contributed by atoms with Crippen molar-refractivity contribution in [1.29, 1.82) is 5.26 Å². The third kappa shape index (κ3) is 5.65. The fourth-order valence-corrected chi connectivity index (χ4v) is 4.18. The molecule has 12 nitrogen and oxygen atoms in total. The molecule has 13 heteroatoms. The van der Waals surface area contributed by atoms with E-state index in [1.807, 2.05) is 12.1 Å². The number of methoxy groups -OCH3 is 1. The van der Waals surface area contributed by atoms with E-state index in [1.165, 1.54) is 30.1 Å². The second-order valence-corrected chi connectivity index (χ2v) is 9.85. The van der Waals surface area contributed by atoms with Crippen LogP contribution in [0.5, 0.6) is 5.75 Å². The second-order valence-electron chi connectivity index (χ2n) is 8.01. The molecule has 0 aliphatic carbocycles. The molecule has 34 heavy (non-hydrogen) atoms. The number of ether oxygens (including phenoxy) is 2. The van der Waals surface area contributed by atoms with Crippen LogP contribution >= 0.6 is 0 Å². The molecule has 0 unspecified atom stereocenters. The normalized spacial score (nSPS) is 11.5. The molecule has 2 heterocycles. The van der Waals surface area contributed by atoms with Gasteiger partial charge in [-0.3, -0.25) is 4.98 Å². The lowest BCUT2D eigenvalue weighted by molar-refractivity contribution is 0.0405. The molecule has 3 rings (SSSR count). The van der Waals surface area contributed by atoms with E-state index in [0.717, 1.165) is 5.56 Å². The highest BCUT2D eigenvalue weighted by molar-refractivity contribution is 7.89. The number of sulfonamides is 1. The Morgan fingerprint density at radius 3 is 2.53 bits per heavy atom. The summed E-state index contributed by atoms with van der Waals surface area (Å²) in [5.41, 5.74) is 0.417. The topological polar surface area (TPSA) is 153 Å². The number of carbonyl (C=O) groups excluding carboxylic acids is 1. The van der Waals surface area contributed by atoms with Crippen molar-refractivity contribution in [3.8, 4) is 23.2 Å². The highest BCUT2D eigenvalue weighted by Crippen LogP contribution is 2.31. The van der Waals surface area contributed by atoms with Gasteiger partial charge in [-0.15, -0.1) is 10.2 Å². The Kier molecular flexibility index (Phi) is 7.11. The molecule has 2 aromatic heterocycles. The first-order chi connectivity index (χ1) is 16.0. The minimum atomic E-state index is -4.47. The average Bonchev–Trinajstić information content (AvgIpc) is 3.24. The number of carbonyl (C=O) groups is 1. The Balaban J connectivity index is 1.92. The van der Waals surface area contributed by atoms with Gasteiger partial charge < -0.3 is 9.47 Å². The third-order valence-corrected chi connectivity index (χ3v) is 6.08. The van der Waals surface area contributed by atoms with Crippen molar-refractivity contribution < 1.29 is 22.7 Å². The van der Waals surface area contributed by atoms with E-state index in [0.29, 0.717) is 16.4 Å². The van der Waals surface area contributed by atoms with Gasteiger partial charge in [0, 0.05) is 18.0 Å². The lowest BCUT2D eigenvalue weighted by Gasteiger charge is -2.25. The Labute approximate surface area is 196 Å². The molecule has 0 bridgehead atoms. The van der Waals surface area contributed by atoms with E-state index in [9.17, 15) is 13.2 Å². The number of rotatable bonds is 7. The summed E-state index contributed by atoms with van der Waals surface area (Å²) in [4.78, 5) is 17.5. The van der Waals surface area contributed by atoms with Gasteiger partial charge in [-0.25, -0.2) is 13.2 Å². The highest BCUT2D eigenvalue weighted by atomic mass is 32.2. The molecule has 0 radical (unpaired) electrons. The van der Waals surface area contributed by atoms with E-state index < -0.39 is 28.3 Å². The van der Waals surface area contributed by atoms with Gasteiger partial charge in [0.15, 0.2) is 0 Å². The molecule has 0 spiro atoms. The quantitative estimate of drug-likeness (QED) is 0.455. The van der Waals surface area contributed by atoms with E-state index in [2.05, 4.69) is 20.4 Å². The largest absolute Gasteiger partial charge is 0.495 e. The zero-order valence-corrected chi connectivity index (χ0v) is 19.9. The maximum absolute atomic E-state index is 13.2. The number of hydrogen-bond acceptors (Lipinski definition) is 10. The van der Waals surface area contributed by atoms with E-state index in [1.54, 1.807) is 39.2 Å². The van der Waals surface area contributed by atoms with Gasteiger partial charge in [-0.2, -0.15) is 14.4 Å². The third-order valence-electron chi connectivity index (χ3n) is 4.33. The molecule has 3 aromatic rings. The van der Waals surface area contributed by atoms with Gasteiger partial charge in [-0.1, -0.05) is 0 Å². The molecule has 178 valence electrons. The number of hydrogen-bond donors (Lipinski definition) is 0. The molecule has 0 saturated heterocycles. The smallest absolute Gasteiger partial charge is 0.425 e. The number of pyridine rings is 1. The number of tetrazole rings is 1. The maximum atomic E-state index is 13.2. The molecule has 0 saturated carbocycles. The summed E-state index contributed by atoms with van der Waals surface area (Å²) in [5.74, 6) is 0.187. The van der Waals surface area contributed by atoms with Crippen molar-refractivity contribution in [3.63, 3.8) is 0 Å². The van der Waals surface area contributed by atoms with E-state index in [4.69, 9.17) is 14.7 Å². The first-order valence-corrected chi connectivity index (χ1v) is 11.5. The minimum absolute atomic E-state index is 0.0607. The SMILES string of the molecule is COc1cc(-c2nnn(Cc3ccncc3)n2)ccc1S(=O)(=O)N(CC#N)C(=O)OC(C)(C)C. The summed E-state index contributed by atoms with van der Waals surface area (Å²) in [6.07, 6.45) is 2.15. The molecule has 1 amide bonds. The van der Waals surface area contributed by atoms with Crippen LogP contribution in [0.25, 0.3) is 11.4 Å². The van der Waals surface area contributed by atoms with Crippen molar-refractivity contribution in [2.24, 2.45) is 0 Å². The zero-order chi connectivity index (χ0) is 24.9. The van der Waals surface area contributed by atoms with Crippen molar-refractivity contribution in [3.05, 3.63) is 48.3 Å². The van der Waals surface area contributed by atoms with Gasteiger partial charge in [0.05, 0.1) is 19.7 Å². The van der Waals surface area contributed by atoms with Crippen molar-refractivity contribution in [1.82, 2.24) is 29.5 Å². The lowest BCUT2D eigenvalue weighted by atomic mass is 10.2. The molecule has 0 aliphatic heterocycles. The summed E-state index contributed by atoms with van der Waals surface area (Å²) >= 11 is 0. The fourth-order valence-electron chi connectivity index (χ4n) is 2.84. The molecular formula is C21H23N7O5S. The first-order valence-electron chi connectivity index (χ1n) is 10.0. The standard InChI is InChI=1S/C21H23N7O5S/c1-21(2,3)33-20(29)27(12-9-22)34(30,31)18-6-5-16(13-17(18)32-4)19-24-26-28(25-19)14-15-7-10-23-11-8-15/h5-8,10-11,13H,12,14H2,1-4H3. The summed E-state index contributed by atoms with van der Waals surface area (Å²) in [6, 6.07) is 9.45. The molecule has 1 aromatic carbocycles. The van der Waals surface area contributed by atoms with Crippen LogP contribution in [-0.4, -0.2) is 63.3 Å². The van der Waals surface area contributed by atoms with Crippen molar-refractivity contribution >= 4 is 16.1 Å². The zero-order valence-electron chi connectivity index (χ0n) is 19.0. The summed E-state index contributed by atoms with van der Waals surface area (Å²) < 4.78 is 37.2. The Hall–Kier alpha value is -4.05. The molecular weight excluding hydrogens is 462 g/mol. The minimum Gasteiger partial charge on any atom is -0.495 e. The Morgan fingerprint density at radius 1 is 1.21 bits per heavy atom. The molecule has 0 N–H and O–H groups in total. The van der Waals surface area contributed by atoms with E-state index in [-0.39, 0.29) is 16.5 Å². The molecule has 0 atom stereocenters. The van der Waals surface area contributed by atoms with Crippen LogP contribution in [0.15, 0.2) is 47.6 Å².